The van der Waals surface area contributed by atoms with Crippen molar-refractivity contribution < 1.29 is 8.42 Å². The van der Waals surface area contributed by atoms with Crippen LogP contribution in [0.2, 0.25) is 0 Å². The molecule has 0 unspecified atom stereocenters. The Hall–Kier alpha value is -1.46. The first-order chi connectivity index (χ1) is 9.42. The third-order valence-corrected chi connectivity index (χ3v) is 5.12. The molecule has 20 heavy (non-hydrogen) atoms. The normalized spacial score (nSPS) is 11.3. The minimum Gasteiger partial charge on any atom is -0.279 e. The Morgan fingerprint density at radius 1 is 1.00 bits per heavy atom. The lowest BCUT2D eigenvalue weighted by atomic mass is 10.1. The minimum absolute atomic E-state index is 0.273. The molecule has 1 N–H and O–H groups in total. The number of hydrogen-bond donors (Lipinski definition) is 1. The van der Waals surface area contributed by atoms with Gasteiger partial charge in [0.05, 0.1) is 10.6 Å². The minimum atomic E-state index is -3.53. The standard InChI is InChI=1S/C15H17NO2S2/c1-11-4-9-15(12(2)10-11)16-20(17,18)14-7-5-13(19-3)6-8-14/h4-10,16H,1-3H3. The summed E-state index contributed by atoms with van der Waals surface area (Å²) in [4.78, 5) is 1.31. The van der Waals surface area contributed by atoms with Crippen LogP contribution in [0.4, 0.5) is 5.69 Å². The van der Waals surface area contributed by atoms with Crippen LogP contribution >= 0.6 is 11.8 Å². The number of rotatable bonds is 4. The van der Waals surface area contributed by atoms with Crippen LogP contribution in [-0.4, -0.2) is 14.7 Å². The third kappa shape index (κ3) is 3.35. The first-order valence-corrected chi connectivity index (χ1v) is 8.87. The molecule has 0 atom stereocenters. The molecule has 0 fully saturated rings. The second-order valence-corrected chi connectivity index (χ2v) is 7.16. The summed E-state index contributed by atoms with van der Waals surface area (Å²) in [7, 11) is -3.53. The summed E-state index contributed by atoms with van der Waals surface area (Å²) in [6, 6.07) is 12.5. The van der Waals surface area contributed by atoms with Gasteiger partial charge in [-0.2, -0.15) is 0 Å². The van der Waals surface area contributed by atoms with E-state index in [-0.39, 0.29) is 4.90 Å². The zero-order chi connectivity index (χ0) is 14.8. The van der Waals surface area contributed by atoms with Crippen LogP contribution in [-0.2, 0) is 10.0 Å². The van der Waals surface area contributed by atoms with E-state index in [1.165, 1.54) is 0 Å². The van der Waals surface area contributed by atoms with Crippen LogP contribution in [0.15, 0.2) is 52.3 Å². The number of benzene rings is 2. The zero-order valence-electron chi connectivity index (χ0n) is 11.7. The Bertz CT molecular complexity index is 707. The molecule has 3 nitrogen and oxygen atoms in total. The first-order valence-electron chi connectivity index (χ1n) is 6.16. The topological polar surface area (TPSA) is 46.2 Å². The van der Waals surface area contributed by atoms with Crippen LogP contribution in [0.25, 0.3) is 0 Å². The summed E-state index contributed by atoms with van der Waals surface area (Å²) >= 11 is 1.58. The van der Waals surface area contributed by atoms with Crippen LogP contribution < -0.4 is 4.72 Å². The summed E-state index contributed by atoms with van der Waals surface area (Å²) in [6.45, 7) is 3.87. The quantitative estimate of drug-likeness (QED) is 0.873. The predicted octanol–water partition coefficient (Wildman–Crippen LogP) is 3.83. The van der Waals surface area contributed by atoms with Crippen molar-refractivity contribution in [1.29, 1.82) is 0 Å². The van der Waals surface area contributed by atoms with Crippen molar-refractivity contribution in [3.63, 3.8) is 0 Å². The van der Waals surface area contributed by atoms with Crippen LogP contribution in [0.5, 0.6) is 0 Å². The Labute approximate surface area is 124 Å². The summed E-state index contributed by atoms with van der Waals surface area (Å²) in [5.41, 5.74) is 2.63. The molecule has 106 valence electrons. The maximum Gasteiger partial charge on any atom is 0.261 e. The summed E-state index contributed by atoms with van der Waals surface area (Å²) in [6.07, 6.45) is 1.96. The van der Waals surface area contributed by atoms with E-state index in [2.05, 4.69) is 4.72 Å². The van der Waals surface area contributed by atoms with E-state index in [0.717, 1.165) is 16.0 Å². The number of thioether (sulfide) groups is 1. The van der Waals surface area contributed by atoms with E-state index < -0.39 is 10.0 Å². The van der Waals surface area contributed by atoms with E-state index in [1.807, 2.05) is 32.2 Å². The highest BCUT2D eigenvalue weighted by Crippen LogP contribution is 2.22. The Balaban J connectivity index is 2.30. The number of sulfonamides is 1. The largest absolute Gasteiger partial charge is 0.279 e. The Morgan fingerprint density at radius 3 is 2.20 bits per heavy atom. The number of aryl methyl sites for hydroxylation is 2. The fourth-order valence-corrected chi connectivity index (χ4v) is 3.43. The molecule has 0 saturated heterocycles. The molecule has 0 radical (unpaired) electrons. The lowest BCUT2D eigenvalue weighted by molar-refractivity contribution is 0.601. The average Bonchev–Trinajstić information content (AvgIpc) is 2.42. The van der Waals surface area contributed by atoms with Crippen molar-refractivity contribution in [2.24, 2.45) is 0 Å². The molecule has 0 spiro atoms. The van der Waals surface area contributed by atoms with Gasteiger partial charge in [0.15, 0.2) is 0 Å². The smallest absolute Gasteiger partial charge is 0.261 e. The second kappa shape index (κ2) is 5.89. The van der Waals surface area contributed by atoms with E-state index >= 15 is 0 Å². The SMILES string of the molecule is CSc1ccc(S(=O)(=O)Nc2ccc(C)cc2C)cc1. The molecule has 2 aromatic rings. The highest BCUT2D eigenvalue weighted by molar-refractivity contribution is 7.98. The van der Waals surface area contributed by atoms with Gasteiger partial charge in [-0.3, -0.25) is 4.72 Å². The van der Waals surface area contributed by atoms with Gasteiger partial charge in [-0.1, -0.05) is 17.7 Å². The van der Waals surface area contributed by atoms with Crippen molar-refractivity contribution in [3.8, 4) is 0 Å². The molecule has 0 aromatic heterocycles. The van der Waals surface area contributed by atoms with Crippen molar-refractivity contribution in [2.75, 3.05) is 11.0 Å². The third-order valence-electron chi connectivity index (χ3n) is 3.00. The molecule has 2 aromatic carbocycles. The van der Waals surface area contributed by atoms with Gasteiger partial charge in [0.1, 0.15) is 0 Å². The predicted molar refractivity (Wildman–Crippen MR) is 84.9 cm³/mol. The molecule has 5 heteroatoms. The van der Waals surface area contributed by atoms with Crippen LogP contribution in [0.1, 0.15) is 11.1 Å². The summed E-state index contributed by atoms with van der Waals surface area (Å²) < 4.78 is 27.3. The maximum atomic E-state index is 12.3. The Kier molecular flexibility index (Phi) is 4.40. The molecule has 0 aliphatic heterocycles. The van der Waals surface area contributed by atoms with Gasteiger partial charge in [-0.05, 0) is 56.0 Å². The lowest BCUT2D eigenvalue weighted by Gasteiger charge is -2.11. The number of hydrogen-bond acceptors (Lipinski definition) is 3. The molecular formula is C15H17NO2S2. The van der Waals surface area contributed by atoms with Crippen molar-refractivity contribution in [2.45, 2.75) is 23.6 Å². The molecule has 0 aliphatic carbocycles. The fraction of sp³-hybridized carbons (Fsp3) is 0.200. The van der Waals surface area contributed by atoms with Crippen molar-refractivity contribution >= 4 is 27.5 Å². The number of nitrogens with one attached hydrogen (secondary N) is 1. The summed E-state index contributed by atoms with van der Waals surface area (Å²) in [5, 5.41) is 0. The van der Waals surface area contributed by atoms with E-state index in [1.54, 1.807) is 42.1 Å². The van der Waals surface area contributed by atoms with Gasteiger partial charge < -0.3 is 0 Å². The van der Waals surface area contributed by atoms with Crippen molar-refractivity contribution in [1.82, 2.24) is 0 Å². The van der Waals surface area contributed by atoms with Gasteiger partial charge in [0.25, 0.3) is 10.0 Å². The monoisotopic (exact) mass is 307 g/mol. The van der Waals surface area contributed by atoms with Crippen LogP contribution in [0, 0.1) is 13.8 Å². The van der Waals surface area contributed by atoms with Gasteiger partial charge in [-0.15, -0.1) is 11.8 Å². The molecule has 2 rings (SSSR count). The molecule has 0 aliphatic rings. The van der Waals surface area contributed by atoms with Gasteiger partial charge in [-0.25, -0.2) is 8.42 Å². The van der Waals surface area contributed by atoms with E-state index in [9.17, 15) is 8.42 Å². The van der Waals surface area contributed by atoms with Gasteiger partial charge in [0, 0.05) is 4.90 Å². The lowest BCUT2D eigenvalue weighted by Crippen LogP contribution is -2.13. The second-order valence-electron chi connectivity index (χ2n) is 4.60. The van der Waals surface area contributed by atoms with Gasteiger partial charge >= 0.3 is 0 Å². The maximum absolute atomic E-state index is 12.3. The molecule has 0 bridgehead atoms. The average molecular weight is 307 g/mol. The van der Waals surface area contributed by atoms with E-state index in [4.69, 9.17) is 0 Å². The number of anilines is 1. The molecule has 0 saturated carbocycles. The highest BCUT2D eigenvalue weighted by Gasteiger charge is 2.15. The molecular weight excluding hydrogens is 290 g/mol. The molecule has 0 heterocycles. The van der Waals surface area contributed by atoms with Crippen molar-refractivity contribution in [3.05, 3.63) is 53.6 Å². The van der Waals surface area contributed by atoms with Crippen LogP contribution in [0.3, 0.4) is 0 Å². The highest BCUT2D eigenvalue weighted by atomic mass is 32.2. The van der Waals surface area contributed by atoms with E-state index in [0.29, 0.717) is 5.69 Å². The fourth-order valence-electron chi connectivity index (χ4n) is 1.89. The molecule has 0 amide bonds. The Morgan fingerprint density at radius 2 is 1.65 bits per heavy atom. The summed E-state index contributed by atoms with van der Waals surface area (Å²) in [5.74, 6) is 0. The first kappa shape index (κ1) is 14.9. The van der Waals surface area contributed by atoms with Gasteiger partial charge in [0.2, 0.25) is 0 Å². The zero-order valence-corrected chi connectivity index (χ0v) is 13.3.